The number of methoxy groups -OCH3 is 1. The van der Waals surface area contributed by atoms with Gasteiger partial charge in [0.15, 0.2) is 0 Å². The minimum Gasteiger partial charge on any atom is -0.497 e. The quantitative estimate of drug-likeness (QED) is 0.555. The molecule has 0 unspecified atom stereocenters. The maximum Gasteiger partial charge on any atom is 0.283 e. The topological polar surface area (TPSA) is 81.9 Å². The van der Waals surface area contributed by atoms with Gasteiger partial charge in [-0.15, -0.1) is 0 Å². The van der Waals surface area contributed by atoms with Gasteiger partial charge in [0, 0.05) is 18.1 Å². The number of ether oxygens (including phenoxy) is 2. The fourth-order valence-electron chi connectivity index (χ4n) is 2.12. The van der Waals surface area contributed by atoms with Crippen LogP contribution in [0.4, 0.5) is 5.69 Å². The van der Waals surface area contributed by atoms with E-state index in [1.807, 2.05) is 0 Å². The molecular weight excluding hydrogens is 348 g/mol. The second-order valence-corrected chi connectivity index (χ2v) is 5.61. The molecule has 0 heterocycles. The van der Waals surface area contributed by atoms with Gasteiger partial charge in [-0.05, 0) is 36.4 Å². The number of carbonyl (C=O) groups excluding carboxylic acids is 1. The van der Waals surface area contributed by atoms with Crippen molar-refractivity contribution >= 4 is 23.2 Å². The lowest BCUT2D eigenvalue weighted by Gasteiger charge is -2.17. The molecule has 0 atom stereocenters. The maximum absolute atomic E-state index is 12.4. The molecule has 1 amide bonds. The van der Waals surface area contributed by atoms with Crippen LogP contribution in [0.15, 0.2) is 42.5 Å². The summed E-state index contributed by atoms with van der Waals surface area (Å²) in [4.78, 5) is 24.2. The molecule has 7 nitrogen and oxygen atoms in total. The molecule has 0 radical (unpaired) electrons. The van der Waals surface area contributed by atoms with E-state index in [9.17, 15) is 14.9 Å². The first-order valence-electron chi connectivity index (χ1n) is 7.38. The van der Waals surface area contributed by atoms with Crippen LogP contribution in [0.25, 0.3) is 0 Å². The maximum atomic E-state index is 12.4. The first-order valence-corrected chi connectivity index (χ1v) is 7.76. The van der Waals surface area contributed by atoms with E-state index in [4.69, 9.17) is 21.1 Å². The molecule has 0 aromatic heterocycles. The van der Waals surface area contributed by atoms with Crippen LogP contribution in [0.2, 0.25) is 5.02 Å². The Kier molecular flexibility index (Phi) is 6.19. The minimum atomic E-state index is -0.624. The van der Waals surface area contributed by atoms with Crippen LogP contribution in [0.3, 0.4) is 0 Å². The number of nitro benzene ring substituents is 1. The smallest absolute Gasteiger partial charge is 0.283 e. The van der Waals surface area contributed by atoms with Gasteiger partial charge in [0.1, 0.15) is 23.7 Å². The summed E-state index contributed by atoms with van der Waals surface area (Å²) in [6.07, 6.45) is 0. The van der Waals surface area contributed by atoms with Crippen molar-refractivity contribution in [2.45, 2.75) is 0 Å². The van der Waals surface area contributed by atoms with Crippen LogP contribution in [0, 0.1) is 10.1 Å². The van der Waals surface area contributed by atoms with E-state index in [0.29, 0.717) is 5.75 Å². The third-order valence-corrected chi connectivity index (χ3v) is 3.72. The second-order valence-electron chi connectivity index (χ2n) is 5.17. The molecule has 25 heavy (non-hydrogen) atoms. The van der Waals surface area contributed by atoms with Crippen molar-refractivity contribution in [3.8, 4) is 11.5 Å². The van der Waals surface area contributed by atoms with E-state index in [2.05, 4.69) is 0 Å². The fourth-order valence-corrected chi connectivity index (χ4v) is 2.28. The number of hydrogen-bond acceptors (Lipinski definition) is 5. The van der Waals surface area contributed by atoms with Gasteiger partial charge in [0.25, 0.3) is 11.6 Å². The lowest BCUT2D eigenvalue weighted by atomic mass is 10.1. The van der Waals surface area contributed by atoms with Crippen molar-refractivity contribution < 1.29 is 19.2 Å². The Morgan fingerprint density at radius 1 is 1.20 bits per heavy atom. The second kappa shape index (κ2) is 8.34. The van der Waals surface area contributed by atoms with Gasteiger partial charge >= 0.3 is 0 Å². The van der Waals surface area contributed by atoms with Gasteiger partial charge in [0.2, 0.25) is 0 Å². The number of nitrogens with zero attached hydrogens (tertiary/aromatic N) is 2. The normalized spacial score (nSPS) is 10.2. The van der Waals surface area contributed by atoms with Gasteiger partial charge in [-0.1, -0.05) is 11.6 Å². The first-order chi connectivity index (χ1) is 11.9. The first kappa shape index (κ1) is 18.5. The van der Waals surface area contributed by atoms with Crippen LogP contribution >= 0.6 is 11.6 Å². The molecule has 8 heteroatoms. The monoisotopic (exact) mass is 364 g/mol. The molecule has 0 aliphatic carbocycles. The highest BCUT2D eigenvalue weighted by Gasteiger charge is 2.23. The van der Waals surface area contributed by atoms with Crippen LogP contribution in [0.5, 0.6) is 11.5 Å². The van der Waals surface area contributed by atoms with E-state index in [1.54, 1.807) is 38.4 Å². The molecule has 0 N–H and O–H groups in total. The summed E-state index contributed by atoms with van der Waals surface area (Å²) >= 11 is 5.76. The molecule has 2 aromatic rings. The molecule has 0 aliphatic heterocycles. The van der Waals surface area contributed by atoms with Crippen molar-refractivity contribution in [1.82, 2.24) is 4.90 Å². The summed E-state index contributed by atoms with van der Waals surface area (Å²) in [7, 11) is 3.13. The molecule has 0 bridgehead atoms. The number of benzene rings is 2. The summed E-state index contributed by atoms with van der Waals surface area (Å²) in [5, 5.41) is 11.3. The molecule has 0 aliphatic rings. The summed E-state index contributed by atoms with van der Waals surface area (Å²) < 4.78 is 10.6. The molecule has 0 spiro atoms. The lowest BCUT2D eigenvalue weighted by molar-refractivity contribution is -0.385. The summed E-state index contributed by atoms with van der Waals surface area (Å²) in [6, 6.07) is 11.0. The Morgan fingerprint density at radius 3 is 2.44 bits per heavy atom. The summed E-state index contributed by atoms with van der Waals surface area (Å²) in [5.74, 6) is 0.885. The SMILES string of the molecule is COc1ccc(OCCN(C)C(=O)c2ccc(Cl)cc2[N+](=O)[O-])cc1. The fraction of sp³-hybridized carbons (Fsp3) is 0.235. The zero-order valence-electron chi connectivity index (χ0n) is 13.8. The third-order valence-electron chi connectivity index (χ3n) is 3.49. The van der Waals surface area contributed by atoms with Crippen LogP contribution in [-0.2, 0) is 0 Å². The molecule has 0 saturated carbocycles. The number of carbonyl (C=O) groups is 1. The van der Waals surface area contributed by atoms with Crippen molar-refractivity contribution in [3.05, 3.63) is 63.2 Å². The van der Waals surface area contributed by atoms with Crippen LogP contribution in [-0.4, -0.2) is 43.0 Å². The lowest BCUT2D eigenvalue weighted by Crippen LogP contribution is -2.31. The van der Waals surface area contributed by atoms with Gasteiger partial charge in [-0.2, -0.15) is 0 Å². The van der Waals surface area contributed by atoms with E-state index >= 15 is 0 Å². The summed E-state index contributed by atoms with van der Waals surface area (Å²) in [5.41, 5.74) is -0.332. The molecule has 2 rings (SSSR count). The Labute approximate surface area is 149 Å². The Bertz CT molecular complexity index is 764. The highest BCUT2D eigenvalue weighted by atomic mass is 35.5. The van der Waals surface area contributed by atoms with Gasteiger partial charge in [-0.3, -0.25) is 14.9 Å². The van der Waals surface area contributed by atoms with E-state index in [1.165, 1.54) is 17.0 Å². The van der Waals surface area contributed by atoms with Gasteiger partial charge < -0.3 is 14.4 Å². The average molecular weight is 365 g/mol. The van der Waals surface area contributed by atoms with E-state index in [0.717, 1.165) is 11.8 Å². The third kappa shape index (κ3) is 4.84. The van der Waals surface area contributed by atoms with Crippen molar-refractivity contribution in [3.63, 3.8) is 0 Å². The number of hydrogen-bond donors (Lipinski definition) is 0. The van der Waals surface area contributed by atoms with Gasteiger partial charge in [0.05, 0.1) is 18.6 Å². The molecule has 0 fully saturated rings. The standard InChI is InChI=1S/C17H17ClN2O5/c1-19(9-10-25-14-6-4-13(24-2)5-7-14)17(21)15-8-3-12(18)11-16(15)20(22)23/h3-8,11H,9-10H2,1-2H3. The molecule has 2 aromatic carbocycles. The highest BCUT2D eigenvalue weighted by Crippen LogP contribution is 2.24. The average Bonchev–Trinajstić information content (AvgIpc) is 2.61. The molecule has 132 valence electrons. The number of amides is 1. The van der Waals surface area contributed by atoms with Crippen molar-refractivity contribution in [2.75, 3.05) is 27.3 Å². The number of halogens is 1. The Morgan fingerprint density at radius 2 is 1.84 bits per heavy atom. The van der Waals surface area contributed by atoms with Crippen LogP contribution < -0.4 is 9.47 Å². The largest absolute Gasteiger partial charge is 0.497 e. The Hall–Kier alpha value is -2.80. The van der Waals surface area contributed by atoms with E-state index in [-0.39, 0.29) is 29.4 Å². The number of nitro groups is 1. The zero-order chi connectivity index (χ0) is 18.4. The molecule has 0 saturated heterocycles. The van der Waals surface area contributed by atoms with Crippen molar-refractivity contribution in [1.29, 1.82) is 0 Å². The van der Waals surface area contributed by atoms with Gasteiger partial charge in [-0.25, -0.2) is 0 Å². The van der Waals surface area contributed by atoms with E-state index < -0.39 is 10.8 Å². The van der Waals surface area contributed by atoms with Crippen molar-refractivity contribution in [2.24, 2.45) is 0 Å². The number of rotatable bonds is 7. The minimum absolute atomic E-state index is 0.0126. The highest BCUT2D eigenvalue weighted by molar-refractivity contribution is 6.31. The zero-order valence-corrected chi connectivity index (χ0v) is 14.5. The Balaban J connectivity index is 1.97. The molecular formula is C17H17ClN2O5. The predicted octanol–water partition coefficient (Wildman–Crippen LogP) is 3.41. The number of likely N-dealkylation sites (N-methyl/N-ethyl adjacent to an activating group) is 1. The summed E-state index contributed by atoms with van der Waals surface area (Å²) in [6.45, 7) is 0.514. The predicted molar refractivity (Wildman–Crippen MR) is 93.6 cm³/mol. The van der Waals surface area contributed by atoms with Crippen LogP contribution in [0.1, 0.15) is 10.4 Å².